The van der Waals surface area contributed by atoms with Crippen LogP contribution in [0.1, 0.15) is 67.7 Å². The third-order valence-electron chi connectivity index (χ3n) is 5.32. The summed E-state index contributed by atoms with van der Waals surface area (Å²) in [5.74, 6) is 0.872. The third-order valence-corrected chi connectivity index (χ3v) is 5.32. The first kappa shape index (κ1) is 17.3. The molecule has 2 heteroatoms. The molecule has 1 fully saturated rings. The lowest BCUT2D eigenvalue weighted by molar-refractivity contribution is 0.457. The highest BCUT2D eigenvalue weighted by Crippen LogP contribution is 2.70. The van der Waals surface area contributed by atoms with Crippen LogP contribution < -0.4 is 5.32 Å². The molecule has 0 unspecified atom stereocenters. The van der Waals surface area contributed by atoms with E-state index in [1.165, 1.54) is 18.5 Å². The van der Waals surface area contributed by atoms with Crippen LogP contribution in [-0.2, 0) is 0 Å². The summed E-state index contributed by atoms with van der Waals surface area (Å²) in [6.45, 7) is 16.0. The topological polar surface area (TPSA) is 24.4 Å². The van der Waals surface area contributed by atoms with Gasteiger partial charge in [0, 0.05) is 19.0 Å². The Labute approximate surface area is 126 Å². The molecule has 0 aromatic carbocycles. The molecular formula is C18H34N2. The van der Waals surface area contributed by atoms with Crippen molar-refractivity contribution in [2.75, 3.05) is 7.05 Å². The van der Waals surface area contributed by atoms with Gasteiger partial charge >= 0.3 is 0 Å². The number of hydrogen-bond donors (Lipinski definition) is 1. The molecule has 0 saturated heterocycles. The molecule has 1 aliphatic carbocycles. The molecule has 0 bridgehead atoms. The van der Waals surface area contributed by atoms with Gasteiger partial charge in [-0.3, -0.25) is 4.99 Å². The van der Waals surface area contributed by atoms with Crippen molar-refractivity contribution in [1.82, 2.24) is 5.32 Å². The smallest absolute Gasteiger partial charge is 0.0524 e. The minimum atomic E-state index is 0.0113. The van der Waals surface area contributed by atoms with Crippen molar-refractivity contribution in [1.29, 1.82) is 0 Å². The van der Waals surface area contributed by atoms with Crippen molar-refractivity contribution in [2.24, 2.45) is 21.7 Å². The second-order valence-electron chi connectivity index (χ2n) is 8.28. The molecule has 0 radical (unpaired) electrons. The maximum Gasteiger partial charge on any atom is 0.0524 e. The fraction of sp³-hybridized carbons (Fsp3) is 0.833. The lowest BCUT2D eigenvalue weighted by Gasteiger charge is -2.11. The molecule has 2 nitrogen and oxygen atoms in total. The van der Waals surface area contributed by atoms with Crippen molar-refractivity contribution in [2.45, 2.75) is 73.3 Å². The minimum Gasteiger partial charge on any atom is -0.391 e. The molecule has 0 heterocycles. The van der Waals surface area contributed by atoms with Crippen molar-refractivity contribution < 1.29 is 0 Å². The first-order valence-electron chi connectivity index (χ1n) is 7.94. The van der Waals surface area contributed by atoms with Gasteiger partial charge in [-0.05, 0) is 62.9 Å². The van der Waals surface area contributed by atoms with Gasteiger partial charge in [-0.2, -0.15) is 0 Å². The van der Waals surface area contributed by atoms with Crippen LogP contribution in [0.5, 0.6) is 0 Å². The summed E-state index contributed by atoms with van der Waals surface area (Å²) in [7, 11) is 2.00. The molecule has 1 saturated carbocycles. The quantitative estimate of drug-likeness (QED) is 0.693. The summed E-state index contributed by atoms with van der Waals surface area (Å²) in [6.07, 6.45) is 7.77. The van der Waals surface area contributed by atoms with E-state index in [9.17, 15) is 0 Å². The lowest BCUT2D eigenvalue weighted by atomic mass is 10.0. The maximum absolute atomic E-state index is 4.50. The molecule has 1 rings (SSSR count). The summed E-state index contributed by atoms with van der Waals surface area (Å²) < 4.78 is 0. The van der Waals surface area contributed by atoms with E-state index >= 15 is 0 Å². The molecule has 0 atom stereocenters. The van der Waals surface area contributed by atoms with Crippen molar-refractivity contribution >= 4 is 6.21 Å². The largest absolute Gasteiger partial charge is 0.391 e. The van der Waals surface area contributed by atoms with Crippen LogP contribution in [0.3, 0.4) is 0 Å². The van der Waals surface area contributed by atoms with Gasteiger partial charge in [0.15, 0.2) is 0 Å². The Morgan fingerprint density at radius 3 is 2.10 bits per heavy atom. The van der Waals surface area contributed by atoms with Gasteiger partial charge in [0.1, 0.15) is 0 Å². The Morgan fingerprint density at radius 1 is 1.15 bits per heavy atom. The summed E-state index contributed by atoms with van der Waals surface area (Å²) in [5.41, 5.74) is 2.33. The van der Waals surface area contributed by atoms with E-state index in [-0.39, 0.29) is 5.54 Å². The second kappa shape index (κ2) is 5.91. The van der Waals surface area contributed by atoms with Gasteiger partial charge in [-0.25, -0.2) is 0 Å². The molecule has 0 aromatic heterocycles. The van der Waals surface area contributed by atoms with Crippen LogP contribution in [0.2, 0.25) is 0 Å². The van der Waals surface area contributed by atoms with E-state index in [1.54, 1.807) is 0 Å². The van der Waals surface area contributed by atoms with Crippen LogP contribution in [0.4, 0.5) is 0 Å². The Hall–Kier alpha value is -0.790. The molecule has 0 aromatic rings. The maximum atomic E-state index is 4.50. The normalized spacial score (nSPS) is 22.3. The van der Waals surface area contributed by atoms with E-state index in [0.29, 0.717) is 10.8 Å². The molecular weight excluding hydrogens is 244 g/mol. The number of aliphatic imine (C=N–C) groups is 1. The highest BCUT2D eigenvalue weighted by molar-refractivity contribution is 5.72. The van der Waals surface area contributed by atoms with Crippen LogP contribution in [-0.4, -0.2) is 18.8 Å². The monoisotopic (exact) mass is 278 g/mol. The van der Waals surface area contributed by atoms with Gasteiger partial charge in [0.25, 0.3) is 0 Å². The zero-order chi connectivity index (χ0) is 15.6. The molecule has 1 aliphatic rings. The van der Waals surface area contributed by atoms with Gasteiger partial charge < -0.3 is 5.32 Å². The number of hydrogen-bond acceptors (Lipinski definition) is 2. The number of rotatable bonds is 6. The van der Waals surface area contributed by atoms with E-state index in [2.05, 4.69) is 64.9 Å². The summed E-state index contributed by atoms with van der Waals surface area (Å²) in [4.78, 5) is 4.50. The summed E-state index contributed by atoms with van der Waals surface area (Å²) in [5, 5.41) is 3.29. The van der Waals surface area contributed by atoms with Crippen molar-refractivity contribution in [3.8, 4) is 0 Å². The Kier molecular flexibility index (Phi) is 5.10. The highest BCUT2D eigenvalue weighted by atomic mass is 14.8. The third kappa shape index (κ3) is 4.10. The van der Waals surface area contributed by atoms with Crippen molar-refractivity contribution in [3.63, 3.8) is 0 Å². The fourth-order valence-electron chi connectivity index (χ4n) is 3.19. The van der Waals surface area contributed by atoms with Crippen LogP contribution in [0.15, 0.2) is 16.8 Å². The van der Waals surface area contributed by atoms with Crippen LogP contribution in [0, 0.1) is 16.7 Å². The molecule has 20 heavy (non-hydrogen) atoms. The average Bonchev–Trinajstić information content (AvgIpc) is 2.67. The van der Waals surface area contributed by atoms with Gasteiger partial charge in [-0.1, -0.05) is 27.7 Å². The molecule has 116 valence electrons. The first-order chi connectivity index (χ1) is 9.02. The van der Waals surface area contributed by atoms with E-state index in [0.717, 1.165) is 12.3 Å². The Morgan fingerprint density at radius 2 is 1.70 bits per heavy atom. The lowest BCUT2D eigenvalue weighted by Crippen LogP contribution is -2.10. The van der Waals surface area contributed by atoms with E-state index in [4.69, 9.17) is 0 Å². The van der Waals surface area contributed by atoms with Crippen LogP contribution >= 0.6 is 0 Å². The van der Waals surface area contributed by atoms with E-state index in [1.807, 2.05) is 13.3 Å². The Balaban J connectivity index is 2.40. The van der Waals surface area contributed by atoms with Gasteiger partial charge in [0.2, 0.25) is 0 Å². The summed E-state index contributed by atoms with van der Waals surface area (Å²) >= 11 is 0. The SMILES string of the molecule is CNC(=CC=NC(C)(C)C)CCCC1C(C)(C)C1(C)C. The van der Waals surface area contributed by atoms with Crippen molar-refractivity contribution in [3.05, 3.63) is 11.8 Å². The molecule has 1 N–H and O–H groups in total. The minimum absolute atomic E-state index is 0.0113. The first-order valence-corrected chi connectivity index (χ1v) is 7.94. The number of nitrogens with one attached hydrogen (secondary N) is 1. The van der Waals surface area contributed by atoms with Gasteiger partial charge in [-0.15, -0.1) is 0 Å². The fourth-order valence-corrected chi connectivity index (χ4v) is 3.19. The zero-order valence-corrected chi connectivity index (χ0v) is 14.8. The number of allylic oxidation sites excluding steroid dienone is 2. The second-order valence-corrected chi connectivity index (χ2v) is 8.28. The molecule has 0 amide bonds. The Bertz CT molecular complexity index is 367. The predicted octanol–water partition coefficient (Wildman–Crippen LogP) is 4.81. The predicted molar refractivity (Wildman–Crippen MR) is 90.3 cm³/mol. The van der Waals surface area contributed by atoms with Gasteiger partial charge in [0.05, 0.1) is 5.54 Å². The standard InChI is InChI=1S/C18H34N2/c1-16(2,3)20-13-12-14(19-8)10-9-11-15-17(4,5)18(15,6)7/h12-13,15,19H,9-11H2,1-8H3. The van der Waals surface area contributed by atoms with E-state index < -0.39 is 0 Å². The van der Waals surface area contributed by atoms with Crippen LogP contribution in [0.25, 0.3) is 0 Å². The average molecular weight is 278 g/mol. The summed E-state index contributed by atoms with van der Waals surface area (Å²) in [6, 6.07) is 0. The zero-order valence-electron chi connectivity index (χ0n) is 14.8. The highest BCUT2D eigenvalue weighted by Gasteiger charge is 2.63. The number of nitrogens with zero attached hydrogens (tertiary/aromatic N) is 1. The molecule has 0 spiro atoms. The molecule has 0 aliphatic heterocycles.